The summed E-state index contributed by atoms with van der Waals surface area (Å²) in [6.45, 7) is 1.90. The van der Waals surface area contributed by atoms with E-state index in [1.165, 1.54) is 36.4 Å². The molecule has 2 heterocycles. The van der Waals surface area contributed by atoms with Gasteiger partial charge in [-0.05, 0) is 35.4 Å². The fourth-order valence-electron chi connectivity index (χ4n) is 5.17. The first-order valence-corrected chi connectivity index (χ1v) is 22.4. The smallest absolute Gasteiger partial charge is 0.295 e. The van der Waals surface area contributed by atoms with Gasteiger partial charge in [-0.2, -0.15) is 46.7 Å². The van der Waals surface area contributed by atoms with Crippen LogP contribution in [0.1, 0.15) is 11.1 Å². The normalized spacial score (nSPS) is 11.4. The molecule has 12 N–H and O–H groups in total. The minimum atomic E-state index is -4.89. The maximum absolute atomic E-state index is 12.6. The molecule has 30 heteroatoms. The number of ether oxygens (including phenoxy) is 4. The first kappa shape index (κ1) is 58.6. The molecule has 0 amide bonds. The number of rotatable bonds is 32. The summed E-state index contributed by atoms with van der Waals surface area (Å²) in [7, 11) is -9.78. The van der Waals surface area contributed by atoms with Crippen molar-refractivity contribution in [3.8, 4) is 0 Å². The number of hydrogen-bond acceptors (Lipinski definition) is 24. The Kier molecular flexibility index (Phi) is 28.0. The van der Waals surface area contributed by atoms with Crippen LogP contribution in [0.5, 0.6) is 0 Å². The van der Waals surface area contributed by atoms with E-state index in [1.807, 2.05) is 0 Å². The summed E-state index contributed by atoms with van der Waals surface area (Å²) in [4.78, 5) is 24.7. The number of nitrogens with one attached hydrogen (secondary N) is 6. The van der Waals surface area contributed by atoms with E-state index in [-0.39, 0.29) is 223 Å². The molecule has 2 radical (unpaired) electrons. The third kappa shape index (κ3) is 21.6. The van der Waals surface area contributed by atoms with Crippen molar-refractivity contribution >= 4 is 139 Å². The molecule has 0 unspecified atom stereocenters. The van der Waals surface area contributed by atoms with Crippen LogP contribution in [-0.4, -0.2) is 241 Å². The number of hydrogen-bond donors (Lipinski definition) is 12. The Morgan fingerprint density at radius 2 is 0.712 bits per heavy atom. The standard InChI is InChI=1S/C36H52N12O14S2.2Na/c49-11-19-59-15-7-37-31-43-32(38-8-16-60-20-12-50)46-35(45-31)41-27-5-3-25(29(23-27)63(53,54)55)1-2-26-4-6-28(24-30(26)64(56,57)58)42-36-47-33(39-9-17-61-21-13-51)44-34(48-36)40-10-18-62-22-14-52;;/h1-6,23-24,49-52H,7-22H2,(H,53,54,55)(H,56,57,58)(H3,37,38,41,43,45,46)(H3,39,40,42,44,47,48);;. The molecule has 0 aliphatic carbocycles. The van der Waals surface area contributed by atoms with E-state index in [4.69, 9.17) is 39.4 Å². The average Bonchev–Trinajstić information content (AvgIpc) is 3.25. The maximum Gasteiger partial charge on any atom is 0.295 e. The first-order chi connectivity index (χ1) is 30.8. The van der Waals surface area contributed by atoms with Crippen molar-refractivity contribution in [3.05, 3.63) is 47.5 Å². The molecule has 4 aromatic rings. The molecule has 354 valence electrons. The van der Waals surface area contributed by atoms with E-state index in [1.54, 1.807) is 0 Å². The third-order valence-corrected chi connectivity index (χ3v) is 9.69. The summed E-state index contributed by atoms with van der Waals surface area (Å²) in [6, 6.07) is 7.77. The molecule has 26 nitrogen and oxygen atoms in total. The molecule has 4 rings (SSSR count). The zero-order valence-electron chi connectivity index (χ0n) is 36.4. The van der Waals surface area contributed by atoms with Gasteiger partial charge >= 0.3 is 0 Å². The van der Waals surface area contributed by atoms with Crippen LogP contribution in [-0.2, 0) is 39.2 Å². The van der Waals surface area contributed by atoms with Gasteiger partial charge in [0.2, 0.25) is 35.7 Å². The van der Waals surface area contributed by atoms with Crippen LogP contribution in [0.3, 0.4) is 0 Å². The molecule has 0 saturated carbocycles. The summed E-state index contributed by atoms with van der Waals surface area (Å²) in [5.74, 6) is 0.376. The zero-order chi connectivity index (χ0) is 46.2. The summed E-state index contributed by atoms with van der Waals surface area (Å²) in [6.07, 6.45) is 2.45. The first-order valence-electron chi connectivity index (χ1n) is 19.5. The van der Waals surface area contributed by atoms with Crippen LogP contribution in [0, 0.1) is 0 Å². The molecule has 0 fully saturated rings. The third-order valence-electron chi connectivity index (χ3n) is 7.87. The summed E-state index contributed by atoms with van der Waals surface area (Å²) in [5, 5.41) is 53.3. The molecule has 0 saturated heterocycles. The van der Waals surface area contributed by atoms with Crippen molar-refractivity contribution in [1.29, 1.82) is 0 Å². The fraction of sp³-hybridized carbons (Fsp3) is 0.444. The minimum Gasteiger partial charge on any atom is -0.394 e. The van der Waals surface area contributed by atoms with Crippen molar-refractivity contribution < 1.29 is 65.3 Å². The number of aliphatic hydroxyl groups is 4. The molecule has 0 atom stereocenters. The Labute approximate surface area is 425 Å². The molecule has 2 aromatic heterocycles. The maximum atomic E-state index is 12.6. The molecule has 2 aromatic carbocycles. The van der Waals surface area contributed by atoms with Crippen LogP contribution in [0.2, 0.25) is 0 Å². The molecule has 0 aliphatic heterocycles. The van der Waals surface area contributed by atoms with Crippen molar-refractivity contribution in [3.63, 3.8) is 0 Å². The zero-order valence-corrected chi connectivity index (χ0v) is 42.0. The largest absolute Gasteiger partial charge is 0.394 e. The fourth-order valence-corrected chi connectivity index (χ4v) is 6.59. The van der Waals surface area contributed by atoms with E-state index in [0.717, 1.165) is 12.1 Å². The van der Waals surface area contributed by atoms with Gasteiger partial charge in [-0.1, -0.05) is 24.3 Å². The predicted octanol–water partition coefficient (Wildman–Crippen LogP) is -0.871. The van der Waals surface area contributed by atoms with Crippen LogP contribution in [0.25, 0.3) is 12.2 Å². The Hall–Kier alpha value is -3.50. The summed E-state index contributed by atoms with van der Waals surface area (Å²) >= 11 is 0. The molecular weight excluding hydrogens is 935 g/mol. The molecule has 0 aliphatic rings. The number of aliphatic hydroxyl groups excluding tert-OH is 4. The van der Waals surface area contributed by atoms with Gasteiger partial charge in [-0.25, -0.2) is 0 Å². The Morgan fingerprint density at radius 1 is 0.439 bits per heavy atom. The van der Waals surface area contributed by atoms with Crippen LogP contribution >= 0.6 is 0 Å². The summed E-state index contributed by atoms with van der Waals surface area (Å²) < 4.78 is 92.0. The van der Waals surface area contributed by atoms with E-state index in [9.17, 15) is 25.9 Å². The van der Waals surface area contributed by atoms with Crippen LogP contribution in [0.15, 0.2) is 46.2 Å². The number of nitrogens with zero attached hydrogens (tertiary/aromatic N) is 6. The van der Waals surface area contributed by atoms with Crippen molar-refractivity contribution in [1.82, 2.24) is 29.9 Å². The molecule has 0 bridgehead atoms. The van der Waals surface area contributed by atoms with Crippen molar-refractivity contribution in [2.45, 2.75) is 9.79 Å². The second-order valence-electron chi connectivity index (χ2n) is 12.7. The van der Waals surface area contributed by atoms with Gasteiger partial charge in [0.05, 0.1) is 79.3 Å². The van der Waals surface area contributed by atoms with Crippen molar-refractivity contribution in [2.75, 3.05) is 137 Å². The predicted molar refractivity (Wildman–Crippen MR) is 245 cm³/mol. The van der Waals surface area contributed by atoms with Gasteiger partial charge in [0, 0.05) is 96.7 Å². The second-order valence-corrected chi connectivity index (χ2v) is 15.5. The van der Waals surface area contributed by atoms with Gasteiger partial charge in [-0.3, -0.25) is 9.11 Å². The number of anilines is 8. The van der Waals surface area contributed by atoms with Gasteiger partial charge in [-0.15, -0.1) is 0 Å². The Balaban J connectivity index is 0.00000748. The van der Waals surface area contributed by atoms with Gasteiger partial charge < -0.3 is 71.3 Å². The number of benzene rings is 2. The monoisotopic (exact) mass is 986 g/mol. The van der Waals surface area contributed by atoms with Crippen LogP contribution in [0.4, 0.5) is 47.1 Å². The Bertz CT molecular complexity index is 2100. The van der Waals surface area contributed by atoms with E-state index < -0.39 is 30.0 Å². The van der Waals surface area contributed by atoms with Gasteiger partial charge in [0.25, 0.3) is 20.2 Å². The SMILES string of the molecule is O=S(=O)(O)c1cc(Nc2nc(NCCOCCO)nc(NCCOCCO)n2)ccc1C=Cc1ccc(Nc2nc(NCCOCCO)nc(NCCOCCO)n2)cc1S(=O)(=O)O.[Na].[Na]. The van der Waals surface area contributed by atoms with Gasteiger partial charge in [0.1, 0.15) is 9.79 Å². The van der Waals surface area contributed by atoms with E-state index in [0.29, 0.717) is 0 Å². The van der Waals surface area contributed by atoms with Crippen molar-refractivity contribution in [2.24, 2.45) is 0 Å². The second kappa shape index (κ2) is 31.5. The van der Waals surface area contributed by atoms with Crippen LogP contribution < -0.4 is 31.9 Å². The van der Waals surface area contributed by atoms with E-state index >= 15 is 0 Å². The number of aromatic nitrogens is 6. The van der Waals surface area contributed by atoms with Gasteiger partial charge in [0.15, 0.2) is 0 Å². The molecule has 66 heavy (non-hydrogen) atoms. The quantitative estimate of drug-likeness (QED) is 0.0122. The molecular formula is C36H52N12Na2O14S2. The Morgan fingerprint density at radius 3 is 0.970 bits per heavy atom. The average molecular weight is 987 g/mol. The topological polar surface area (TPSA) is 376 Å². The minimum absolute atomic E-state index is 0. The van der Waals surface area contributed by atoms with E-state index in [2.05, 4.69) is 61.8 Å². The summed E-state index contributed by atoms with van der Waals surface area (Å²) in [5.41, 5.74) is 0.132. The molecule has 0 spiro atoms.